The SMILES string of the molecule is CCCC(CC)c1ncsn1. The number of hydrogen-bond donors (Lipinski definition) is 0. The lowest BCUT2D eigenvalue weighted by Crippen LogP contribution is -1.98. The fraction of sp³-hybridized carbons (Fsp3) is 0.750. The molecule has 0 saturated heterocycles. The van der Waals surface area contributed by atoms with Crippen LogP contribution in [0.25, 0.3) is 0 Å². The molecule has 0 aliphatic heterocycles. The third kappa shape index (κ3) is 2.26. The maximum Gasteiger partial charge on any atom is 0.145 e. The number of nitrogens with zero attached hydrogens (tertiary/aromatic N) is 2. The van der Waals surface area contributed by atoms with E-state index >= 15 is 0 Å². The summed E-state index contributed by atoms with van der Waals surface area (Å²) in [7, 11) is 0. The molecule has 1 aromatic rings. The molecule has 0 saturated carbocycles. The Bertz CT molecular complexity index is 184. The van der Waals surface area contributed by atoms with Crippen molar-refractivity contribution in [2.45, 2.75) is 39.0 Å². The largest absolute Gasteiger partial charge is 0.228 e. The van der Waals surface area contributed by atoms with Crippen molar-refractivity contribution in [3.8, 4) is 0 Å². The van der Waals surface area contributed by atoms with Gasteiger partial charge < -0.3 is 0 Å². The summed E-state index contributed by atoms with van der Waals surface area (Å²) < 4.78 is 4.24. The Morgan fingerprint density at radius 1 is 1.55 bits per heavy atom. The predicted octanol–water partition coefficient (Wildman–Crippen LogP) is 2.83. The maximum absolute atomic E-state index is 4.24. The first-order chi connectivity index (χ1) is 5.38. The summed E-state index contributed by atoms with van der Waals surface area (Å²) in [6, 6.07) is 0. The minimum atomic E-state index is 0.589. The molecule has 1 rings (SSSR count). The van der Waals surface area contributed by atoms with E-state index in [1.807, 2.05) is 5.51 Å². The Kier molecular flexibility index (Phi) is 3.49. The van der Waals surface area contributed by atoms with Crippen molar-refractivity contribution < 1.29 is 0 Å². The van der Waals surface area contributed by atoms with Crippen molar-refractivity contribution in [2.75, 3.05) is 0 Å². The van der Waals surface area contributed by atoms with Crippen LogP contribution >= 0.6 is 11.5 Å². The van der Waals surface area contributed by atoms with E-state index in [4.69, 9.17) is 0 Å². The minimum Gasteiger partial charge on any atom is -0.228 e. The monoisotopic (exact) mass is 170 g/mol. The molecule has 0 bridgehead atoms. The van der Waals surface area contributed by atoms with Crippen LogP contribution in [-0.4, -0.2) is 9.36 Å². The Morgan fingerprint density at radius 2 is 2.36 bits per heavy atom. The van der Waals surface area contributed by atoms with E-state index in [0.717, 1.165) is 12.2 Å². The molecule has 0 aliphatic carbocycles. The molecule has 0 spiro atoms. The molecule has 62 valence electrons. The lowest BCUT2D eigenvalue weighted by Gasteiger charge is -2.07. The summed E-state index contributed by atoms with van der Waals surface area (Å²) in [6.45, 7) is 4.40. The smallest absolute Gasteiger partial charge is 0.145 e. The number of hydrogen-bond acceptors (Lipinski definition) is 3. The van der Waals surface area contributed by atoms with Gasteiger partial charge in [-0.2, -0.15) is 4.37 Å². The molecule has 1 unspecified atom stereocenters. The molecule has 0 N–H and O–H groups in total. The van der Waals surface area contributed by atoms with E-state index < -0.39 is 0 Å². The van der Waals surface area contributed by atoms with E-state index in [-0.39, 0.29) is 0 Å². The van der Waals surface area contributed by atoms with Crippen LogP contribution in [0.15, 0.2) is 5.51 Å². The molecule has 1 atom stereocenters. The van der Waals surface area contributed by atoms with Crippen molar-refractivity contribution in [1.82, 2.24) is 9.36 Å². The molecule has 0 fully saturated rings. The van der Waals surface area contributed by atoms with E-state index in [2.05, 4.69) is 23.2 Å². The third-order valence-corrected chi connectivity index (χ3v) is 2.37. The number of aromatic nitrogens is 2. The zero-order valence-corrected chi connectivity index (χ0v) is 7.90. The first-order valence-electron chi connectivity index (χ1n) is 4.14. The topological polar surface area (TPSA) is 25.8 Å². The molecule has 0 aliphatic rings. The van der Waals surface area contributed by atoms with E-state index in [1.165, 1.54) is 24.4 Å². The Balaban J connectivity index is 2.56. The molecule has 3 heteroatoms. The van der Waals surface area contributed by atoms with Gasteiger partial charge in [-0.25, -0.2) is 4.98 Å². The van der Waals surface area contributed by atoms with Crippen LogP contribution < -0.4 is 0 Å². The van der Waals surface area contributed by atoms with Crippen LogP contribution in [0.2, 0.25) is 0 Å². The van der Waals surface area contributed by atoms with Crippen molar-refractivity contribution in [1.29, 1.82) is 0 Å². The summed E-state index contributed by atoms with van der Waals surface area (Å²) in [4.78, 5) is 4.21. The summed E-state index contributed by atoms with van der Waals surface area (Å²) in [5, 5.41) is 0. The van der Waals surface area contributed by atoms with Crippen molar-refractivity contribution in [3.63, 3.8) is 0 Å². The highest BCUT2D eigenvalue weighted by atomic mass is 32.1. The van der Waals surface area contributed by atoms with Gasteiger partial charge in [0.1, 0.15) is 11.3 Å². The van der Waals surface area contributed by atoms with Gasteiger partial charge in [-0.1, -0.05) is 20.3 Å². The highest BCUT2D eigenvalue weighted by Gasteiger charge is 2.10. The number of rotatable bonds is 4. The van der Waals surface area contributed by atoms with Crippen LogP contribution in [-0.2, 0) is 0 Å². The molecule has 0 aromatic carbocycles. The first kappa shape index (κ1) is 8.65. The van der Waals surface area contributed by atoms with Gasteiger partial charge >= 0.3 is 0 Å². The summed E-state index contributed by atoms with van der Waals surface area (Å²) in [5.41, 5.74) is 1.81. The van der Waals surface area contributed by atoms with Gasteiger partial charge in [0.15, 0.2) is 0 Å². The Labute approximate surface area is 71.8 Å². The van der Waals surface area contributed by atoms with E-state index in [0.29, 0.717) is 5.92 Å². The molecule has 0 amide bonds. The lowest BCUT2D eigenvalue weighted by molar-refractivity contribution is 0.571. The van der Waals surface area contributed by atoms with Crippen molar-refractivity contribution >= 4 is 11.5 Å². The average molecular weight is 170 g/mol. The molecule has 11 heavy (non-hydrogen) atoms. The van der Waals surface area contributed by atoms with Gasteiger partial charge in [0, 0.05) is 5.92 Å². The zero-order chi connectivity index (χ0) is 8.10. The van der Waals surface area contributed by atoms with E-state index in [9.17, 15) is 0 Å². The fourth-order valence-corrected chi connectivity index (χ4v) is 1.73. The second-order valence-electron chi connectivity index (χ2n) is 2.68. The van der Waals surface area contributed by atoms with Crippen LogP contribution in [0.5, 0.6) is 0 Å². The summed E-state index contributed by atoms with van der Waals surface area (Å²) >= 11 is 1.45. The maximum atomic E-state index is 4.24. The quantitative estimate of drug-likeness (QED) is 0.694. The van der Waals surface area contributed by atoms with Crippen molar-refractivity contribution in [2.24, 2.45) is 0 Å². The van der Waals surface area contributed by atoms with Gasteiger partial charge in [-0.05, 0) is 24.4 Å². The lowest BCUT2D eigenvalue weighted by atomic mass is 10.0. The van der Waals surface area contributed by atoms with Crippen molar-refractivity contribution in [3.05, 3.63) is 11.3 Å². The Hall–Kier alpha value is -0.440. The third-order valence-electron chi connectivity index (χ3n) is 1.87. The molecule has 1 heterocycles. The second-order valence-corrected chi connectivity index (χ2v) is 3.29. The van der Waals surface area contributed by atoms with Gasteiger partial charge in [-0.3, -0.25) is 0 Å². The molecule has 1 aromatic heterocycles. The fourth-order valence-electron chi connectivity index (χ4n) is 1.22. The van der Waals surface area contributed by atoms with Gasteiger partial charge in [0.25, 0.3) is 0 Å². The highest BCUT2D eigenvalue weighted by Crippen LogP contribution is 2.21. The summed E-state index contributed by atoms with van der Waals surface area (Å²) in [5.74, 6) is 1.63. The van der Waals surface area contributed by atoms with Crippen LogP contribution in [0.4, 0.5) is 0 Å². The summed E-state index contributed by atoms with van der Waals surface area (Å²) in [6.07, 6.45) is 3.59. The standard InChI is InChI=1S/C8H14N2S/c1-3-5-7(4-2)8-9-6-11-10-8/h6-7H,3-5H2,1-2H3. The molecule has 0 radical (unpaired) electrons. The normalized spacial score (nSPS) is 13.3. The van der Waals surface area contributed by atoms with Crippen LogP contribution in [0.1, 0.15) is 44.9 Å². The Morgan fingerprint density at radius 3 is 2.82 bits per heavy atom. The minimum absolute atomic E-state index is 0.589. The molecule has 2 nitrogen and oxygen atoms in total. The average Bonchev–Trinajstić information content (AvgIpc) is 2.52. The van der Waals surface area contributed by atoms with Gasteiger partial charge in [-0.15, -0.1) is 0 Å². The van der Waals surface area contributed by atoms with Crippen LogP contribution in [0.3, 0.4) is 0 Å². The second kappa shape index (κ2) is 4.44. The van der Waals surface area contributed by atoms with Gasteiger partial charge in [0.2, 0.25) is 0 Å². The van der Waals surface area contributed by atoms with E-state index in [1.54, 1.807) is 0 Å². The molecular formula is C8H14N2S. The van der Waals surface area contributed by atoms with Gasteiger partial charge in [0.05, 0.1) is 0 Å². The zero-order valence-electron chi connectivity index (χ0n) is 7.08. The predicted molar refractivity (Wildman–Crippen MR) is 47.8 cm³/mol. The van der Waals surface area contributed by atoms with Crippen LogP contribution in [0, 0.1) is 0 Å². The highest BCUT2D eigenvalue weighted by molar-refractivity contribution is 7.03. The molecular weight excluding hydrogens is 156 g/mol. The first-order valence-corrected chi connectivity index (χ1v) is 4.98.